The van der Waals surface area contributed by atoms with Crippen molar-refractivity contribution in [1.82, 2.24) is 10.2 Å². The maximum absolute atomic E-state index is 5.38. The van der Waals surface area contributed by atoms with Crippen molar-refractivity contribution in [2.24, 2.45) is 20.0 Å². The number of hydrogen-bond acceptors (Lipinski definition) is 7. The minimum absolute atomic E-state index is 0.236. The fourth-order valence-electron chi connectivity index (χ4n) is 2.51. The van der Waals surface area contributed by atoms with E-state index in [1.165, 1.54) is 0 Å². The largest absolute Gasteiger partial charge is 0.467 e. The quantitative estimate of drug-likeness (QED) is 0.850. The zero-order chi connectivity index (χ0) is 14.8. The summed E-state index contributed by atoms with van der Waals surface area (Å²) in [4.78, 5) is 19.9. The summed E-state index contributed by atoms with van der Waals surface area (Å²) in [5, 5.41) is 3.25. The van der Waals surface area contributed by atoms with Crippen LogP contribution in [0.15, 0.2) is 42.8 Å². The molecule has 1 atom stereocenters. The smallest absolute Gasteiger partial charge is 0.206 e. The molecule has 8 heteroatoms. The third-order valence-corrected chi connectivity index (χ3v) is 3.66. The van der Waals surface area contributed by atoms with Gasteiger partial charge in [-0.15, -0.1) is 0 Å². The van der Waals surface area contributed by atoms with Gasteiger partial charge >= 0.3 is 0 Å². The molecule has 0 aromatic carbocycles. The Morgan fingerprint density at radius 2 is 2.27 bits per heavy atom. The van der Waals surface area contributed by atoms with Gasteiger partial charge in [-0.2, -0.15) is 4.99 Å². The first kappa shape index (κ1) is 13.2. The van der Waals surface area contributed by atoms with Gasteiger partial charge in [-0.25, -0.2) is 4.99 Å². The van der Waals surface area contributed by atoms with Crippen LogP contribution in [0, 0.1) is 0 Å². The van der Waals surface area contributed by atoms with Gasteiger partial charge in [-0.05, 0) is 12.1 Å². The standard InChI is InChI=1S/C14H16N6O2/c1-2-10(22-5-1)8-15-12-11-13(17-9-16-11)19-14(18-12)20-3-6-21-7-4-20/h1-2,5,9,11H,3-4,6-8H2,(H,15,16,17,18,19). The number of hydrogen-bond donors (Lipinski definition) is 1. The molecule has 1 aromatic heterocycles. The van der Waals surface area contributed by atoms with Gasteiger partial charge in [0.25, 0.3) is 0 Å². The van der Waals surface area contributed by atoms with Crippen molar-refractivity contribution in [2.75, 3.05) is 26.3 Å². The number of ether oxygens (including phenoxy) is 1. The van der Waals surface area contributed by atoms with E-state index in [9.17, 15) is 0 Å². The van der Waals surface area contributed by atoms with Crippen LogP contribution in [0.4, 0.5) is 0 Å². The Morgan fingerprint density at radius 3 is 3.09 bits per heavy atom. The third kappa shape index (κ3) is 2.52. The van der Waals surface area contributed by atoms with Crippen molar-refractivity contribution in [2.45, 2.75) is 12.6 Å². The summed E-state index contributed by atoms with van der Waals surface area (Å²) < 4.78 is 10.7. The van der Waals surface area contributed by atoms with E-state index in [2.05, 4.69) is 30.2 Å². The second kappa shape index (κ2) is 5.72. The maximum atomic E-state index is 5.38. The molecule has 3 aliphatic rings. The Balaban J connectivity index is 1.59. The average molecular weight is 300 g/mol. The molecule has 4 heterocycles. The number of amidine groups is 2. The van der Waals surface area contributed by atoms with Crippen LogP contribution in [0.25, 0.3) is 0 Å². The molecule has 1 unspecified atom stereocenters. The Labute approximate surface area is 127 Å². The fraction of sp³-hybridized carbons (Fsp3) is 0.429. The lowest BCUT2D eigenvalue weighted by molar-refractivity contribution is 0.0670. The maximum Gasteiger partial charge on any atom is 0.206 e. The Morgan fingerprint density at radius 1 is 1.36 bits per heavy atom. The lowest BCUT2D eigenvalue weighted by Gasteiger charge is -2.32. The lowest BCUT2D eigenvalue weighted by Crippen LogP contribution is -2.55. The van der Waals surface area contributed by atoms with Crippen LogP contribution in [0.1, 0.15) is 5.76 Å². The number of guanidine groups is 1. The topological polar surface area (TPSA) is 87.1 Å². The average Bonchev–Trinajstić information content (AvgIpc) is 3.24. The molecule has 0 saturated carbocycles. The van der Waals surface area contributed by atoms with Crippen LogP contribution in [-0.2, 0) is 11.3 Å². The van der Waals surface area contributed by atoms with Crippen LogP contribution in [0.3, 0.4) is 0 Å². The number of nitrogens with zero attached hydrogens (tertiary/aromatic N) is 5. The SMILES string of the molecule is C1=NC2C(=NCc3ccco3)N=C(N3CCOCC3)NC2=N1. The lowest BCUT2D eigenvalue weighted by atomic mass is 10.2. The van der Waals surface area contributed by atoms with Crippen LogP contribution < -0.4 is 5.32 Å². The number of morpholine rings is 1. The van der Waals surface area contributed by atoms with E-state index < -0.39 is 0 Å². The van der Waals surface area contributed by atoms with Crippen LogP contribution in [0.2, 0.25) is 0 Å². The number of fused-ring (bicyclic) bond motifs is 1. The molecule has 0 bridgehead atoms. The normalized spacial score (nSPS) is 25.7. The molecule has 3 aliphatic heterocycles. The zero-order valence-corrected chi connectivity index (χ0v) is 12.0. The molecule has 0 radical (unpaired) electrons. The number of furan rings is 1. The first-order valence-electron chi connectivity index (χ1n) is 7.24. The van der Waals surface area contributed by atoms with Crippen molar-refractivity contribution in [3.8, 4) is 0 Å². The molecule has 8 nitrogen and oxygen atoms in total. The van der Waals surface area contributed by atoms with Crippen molar-refractivity contribution < 1.29 is 9.15 Å². The number of rotatable bonds is 2. The second-order valence-electron chi connectivity index (χ2n) is 5.10. The predicted molar refractivity (Wildman–Crippen MR) is 82.5 cm³/mol. The highest BCUT2D eigenvalue weighted by atomic mass is 16.5. The summed E-state index contributed by atoms with van der Waals surface area (Å²) in [5.74, 6) is 3.00. The number of nitrogens with one attached hydrogen (secondary N) is 1. The van der Waals surface area contributed by atoms with E-state index in [0.29, 0.717) is 25.6 Å². The van der Waals surface area contributed by atoms with Gasteiger partial charge in [0.2, 0.25) is 5.96 Å². The molecule has 4 rings (SSSR count). The highest BCUT2D eigenvalue weighted by Crippen LogP contribution is 2.13. The first-order chi connectivity index (χ1) is 10.9. The van der Waals surface area contributed by atoms with E-state index in [0.717, 1.165) is 30.6 Å². The van der Waals surface area contributed by atoms with E-state index in [1.54, 1.807) is 12.6 Å². The van der Waals surface area contributed by atoms with Crippen molar-refractivity contribution >= 4 is 24.0 Å². The Hall–Kier alpha value is -2.48. The summed E-state index contributed by atoms with van der Waals surface area (Å²) in [7, 11) is 0. The minimum Gasteiger partial charge on any atom is -0.467 e. The molecule has 1 N–H and O–H groups in total. The van der Waals surface area contributed by atoms with Gasteiger partial charge in [0.05, 0.1) is 26.0 Å². The molecule has 1 fully saturated rings. The highest BCUT2D eigenvalue weighted by Gasteiger charge is 2.32. The summed E-state index contributed by atoms with van der Waals surface area (Å²) in [6, 6.07) is 3.51. The highest BCUT2D eigenvalue weighted by molar-refractivity contribution is 6.24. The Kier molecular flexibility index (Phi) is 3.43. The monoisotopic (exact) mass is 300 g/mol. The van der Waals surface area contributed by atoms with Crippen LogP contribution >= 0.6 is 0 Å². The third-order valence-electron chi connectivity index (χ3n) is 3.66. The van der Waals surface area contributed by atoms with E-state index in [-0.39, 0.29) is 6.04 Å². The van der Waals surface area contributed by atoms with Gasteiger partial charge in [0, 0.05) is 13.1 Å². The molecule has 0 amide bonds. The van der Waals surface area contributed by atoms with Crippen molar-refractivity contribution in [1.29, 1.82) is 0 Å². The van der Waals surface area contributed by atoms with Crippen molar-refractivity contribution in [3.05, 3.63) is 24.2 Å². The van der Waals surface area contributed by atoms with Gasteiger partial charge in [0.15, 0.2) is 11.9 Å². The van der Waals surface area contributed by atoms with Crippen molar-refractivity contribution in [3.63, 3.8) is 0 Å². The summed E-state index contributed by atoms with van der Waals surface area (Å²) in [5.41, 5.74) is 0. The van der Waals surface area contributed by atoms with Crippen LogP contribution in [0.5, 0.6) is 0 Å². The minimum atomic E-state index is -0.236. The van der Waals surface area contributed by atoms with E-state index >= 15 is 0 Å². The van der Waals surface area contributed by atoms with Gasteiger partial charge < -0.3 is 19.4 Å². The summed E-state index contributed by atoms with van der Waals surface area (Å²) in [6.45, 7) is 3.45. The molecule has 1 aromatic rings. The number of aliphatic imine (C=N–C) groups is 4. The molecular weight excluding hydrogens is 284 g/mol. The predicted octanol–water partition coefficient (Wildman–Crippen LogP) is 0.279. The Bertz CT molecular complexity index is 655. The summed E-state index contributed by atoms with van der Waals surface area (Å²) >= 11 is 0. The molecule has 1 saturated heterocycles. The first-order valence-corrected chi connectivity index (χ1v) is 7.24. The van der Waals surface area contributed by atoms with Gasteiger partial charge in [-0.3, -0.25) is 9.98 Å². The van der Waals surface area contributed by atoms with E-state index in [4.69, 9.17) is 9.15 Å². The molecule has 22 heavy (non-hydrogen) atoms. The van der Waals surface area contributed by atoms with Gasteiger partial charge in [-0.1, -0.05) is 0 Å². The van der Waals surface area contributed by atoms with Crippen LogP contribution in [-0.4, -0.2) is 61.2 Å². The van der Waals surface area contributed by atoms with E-state index in [1.807, 2.05) is 12.1 Å². The molecule has 0 aliphatic carbocycles. The second-order valence-corrected chi connectivity index (χ2v) is 5.10. The molecule has 114 valence electrons. The van der Waals surface area contributed by atoms with Gasteiger partial charge in [0.1, 0.15) is 17.9 Å². The molecular formula is C14H16N6O2. The zero-order valence-electron chi connectivity index (χ0n) is 12.0. The molecule has 0 spiro atoms. The fourth-order valence-corrected chi connectivity index (χ4v) is 2.51. The summed E-state index contributed by atoms with van der Waals surface area (Å²) in [6.07, 6.45) is 3.19.